The van der Waals surface area contributed by atoms with E-state index < -0.39 is 11.8 Å². The molecule has 0 saturated carbocycles. The maximum atomic E-state index is 12.1. The van der Waals surface area contributed by atoms with Gasteiger partial charge in [0.05, 0.1) is 19.3 Å². The highest BCUT2D eigenvalue weighted by Gasteiger charge is 2.41. The van der Waals surface area contributed by atoms with Crippen molar-refractivity contribution in [3.05, 3.63) is 0 Å². The van der Waals surface area contributed by atoms with Crippen molar-refractivity contribution in [1.82, 2.24) is 15.5 Å². The zero-order chi connectivity index (χ0) is 15.5. The first-order valence-electron chi connectivity index (χ1n) is 7.55. The fourth-order valence-corrected chi connectivity index (χ4v) is 2.72. The minimum absolute atomic E-state index is 0.000356. The molecule has 2 saturated heterocycles. The summed E-state index contributed by atoms with van der Waals surface area (Å²) in [6.45, 7) is 8.24. The van der Waals surface area contributed by atoms with Gasteiger partial charge in [-0.1, -0.05) is 0 Å². The molecule has 2 N–H and O–H groups in total. The molecule has 0 aliphatic carbocycles. The molecule has 1 spiro atoms. The lowest BCUT2D eigenvalue weighted by Gasteiger charge is -2.39. The molecule has 0 aromatic rings. The van der Waals surface area contributed by atoms with Crippen molar-refractivity contribution < 1.29 is 19.1 Å². The Balaban J connectivity index is 1.79. The second kappa shape index (κ2) is 6.72. The molecular weight excluding hydrogens is 274 g/mol. The number of hydrogen-bond donors (Lipinski definition) is 2. The average molecular weight is 299 g/mol. The number of ether oxygens (including phenoxy) is 2. The number of hydrogen-bond acceptors (Lipinski definition) is 5. The van der Waals surface area contributed by atoms with E-state index in [-0.39, 0.29) is 18.0 Å². The summed E-state index contributed by atoms with van der Waals surface area (Å²) in [7, 11) is 0. The minimum atomic E-state index is -0.446. The second-order valence-electron chi connectivity index (χ2n) is 5.94. The lowest BCUT2D eigenvalue weighted by atomic mass is 10.0. The molecule has 0 radical (unpaired) electrons. The number of amides is 3. The first-order chi connectivity index (χ1) is 9.92. The van der Waals surface area contributed by atoms with Crippen molar-refractivity contribution >= 4 is 11.9 Å². The molecule has 2 rings (SSSR count). The van der Waals surface area contributed by atoms with Crippen molar-refractivity contribution in [2.45, 2.75) is 51.5 Å². The number of carbonyl (C=O) groups is 2. The van der Waals surface area contributed by atoms with Crippen molar-refractivity contribution in [1.29, 1.82) is 0 Å². The molecule has 2 heterocycles. The third kappa shape index (κ3) is 4.15. The Morgan fingerprint density at radius 1 is 1.10 bits per heavy atom. The first-order valence-corrected chi connectivity index (χ1v) is 7.55. The normalized spacial score (nSPS) is 23.2. The summed E-state index contributed by atoms with van der Waals surface area (Å²) in [5.41, 5.74) is 0. The molecule has 2 fully saturated rings. The number of carbonyl (C=O) groups excluding carboxylic acids is 2. The van der Waals surface area contributed by atoms with E-state index >= 15 is 0 Å². The summed E-state index contributed by atoms with van der Waals surface area (Å²) < 4.78 is 11.3. The fourth-order valence-electron chi connectivity index (χ4n) is 2.72. The predicted octanol–water partition coefficient (Wildman–Crippen LogP) is 0.448. The standard InChI is InChI=1S/C14H25N3O4/c1-10(2)15-13(19)16-12(18)11(3)17-6-4-14(5-7-17)20-8-9-21-14/h10-11H,4-9H2,1-3H3,(H2,15,16,18,19). The Hall–Kier alpha value is -1.18. The molecule has 0 aromatic carbocycles. The number of nitrogens with one attached hydrogen (secondary N) is 2. The number of piperidine rings is 1. The zero-order valence-corrected chi connectivity index (χ0v) is 13.0. The van der Waals surface area contributed by atoms with Crippen molar-refractivity contribution in [2.75, 3.05) is 26.3 Å². The lowest BCUT2D eigenvalue weighted by molar-refractivity contribution is -0.188. The van der Waals surface area contributed by atoms with Gasteiger partial charge >= 0.3 is 6.03 Å². The van der Waals surface area contributed by atoms with E-state index in [9.17, 15) is 9.59 Å². The van der Waals surface area contributed by atoms with Crippen molar-refractivity contribution in [2.24, 2.45) is 0 Å². The van der Waals surface area contributed by atoms with Crippen LogP contribution in [0.5, 0.6) is 0 Å². The van der Waals surface area contributed by atoms with E-state index in [0.29, 0.717) is 13.2 Å². The van der Waals surface area contributed by atoms with Gasteiger partial charge in [-0.2, -0.15) is 0 Å². The summed E-state index contributed by atoms with van der Waals surface area (Å²) in [6.07, 6.45) is 1.51. The molecular formula is C14H25N3O4. The molecule has 7 heteroatoms. The van der Waals surface area contributed by atoms with Crippen LogP contribution in [0.1, 0.15) is 33.6 Å². The molecule has 1 atom stereocenters. The van der Waals surface area contributed by atoms with Crippen molar-refractivity contribution in [3.63, 3.8) is 0 Å². The van der Waals surface area contributed by atoms with E-state index in [2.05, 4.69) is 10.6 Å². The van der Waals surface area contributed by atoms with Gasteiger partial charge in [0.1, 0.15) is 0 Å². The van der Waals surface area contributed by atoms with Crippen LogP contribution in [-0.4, -0.2) is 61.0 Å². The lowest BCUT2D eigenvalue weighted by Crippen LogP contribution is -2.54. The van der Waals surface area contributed by atoms with E-state index in [1.54, 1.807) is 0 Å². The Bertz CT molecular complexity index is 384. The van der Waals surface area contributed by atoms with Gasteiger partial charge in [0.15, 0.2) is 5.79 Å². The SMILES string of the molecule is CC(C)NC(=O)NC(=O)C(C)N1CCC2(CC1)OCCO2. The smallest absolute Gasteiger partial charge is 0.321 e. The topological polar surface area (TPSA) is 79.9 Å². The highest BCUT2D eigenvalue weighted by atomic mass is 16.7. The van der Waals surface area contributed by atoms with Crippen LogP contribution in [0.25, 0.3) is 0 Å². The molecule has 2 aliphatic rings. The molecule has 2 aliphatic heterocycles. The number of nitrogens with zero attached hydrogens (tertiary/aromatic N) is 1. The Morgan fingerprint density at radius 2 is 1.67 bits per heavy atom. The minimum Gasteiger partial charge on any atom is -0.347 e. The van der Waals surface area contributed by atoms with Crippen molar-refractivity contribution in [3.8, 4) is 0 Å². The summed E-state index contributed by atoms with van der Waals surface area (Å²) in [5.74, 6) is -0.723. The van der Waals surface area contributed by atoms with Crippen LogP contribution in [-0.2, 0) is 14.3 Å². The highest BCUT2D eigenvalue weighted by molar-refractivity contribution is 5.96. The van der Waals surface area contributed by atoms with Gasteiger partial charge in [0.2, 0.25) is 5.91 Å². The van der Waals surface area contributed by atoms with Crippen LogP contribution >= 0.6 is 0 Å². The van der Waals surface area contributed by atoms with Crippen LogP contribution in [0.3, 0.4) is 0 Å². The van der Waals surface area contributed by atoms with E-state index in [0.717, 1.165) is 25.9 Å². The first kappa shape index (κ1) is 16.2. The van der Waals surface area contributed by atoms with Gasteiger partial charge in [-0.05, 0) is 20.8 Å². The van der Waals surface area contributed by atoms with Gasteiger partial charge in [-0.25, -0.2) is 4.79 Å². The van der Waals surface area contributed by atoms with Gasteiger partial charge in [0, 0.05) is 32.0 Å². The summed E-state index contributed by atoms with van der Waals surface area (Å²) in [5, 5.41) is 5.02. The van der Waals surface area contributed by atoms with Gasteiger partial charge in [-0.3, -0.25) is 15.0 Å². The van der Waals surface area contributed by atoms with Crippen LogP contribution < -0.4 is 10.6 Å². The third-order valence-electron chi connectivity index (χ3n) is 3.96. The number of rotatable bonds is 3. The maximum Gasteiger partial charge on any atom is 0.321 e. The Labute approximate surface area is 125 Å². The molecule has 7 nitrogen and oxygen atoms in total. The Morgan fingerprint density at radius 3 is 2.19 bits per heavy atom. The summed E-state index contributed by atoms with van der Waals surface area (Å²) in [6, 6.07) is -0.793. The largest absolute Gasteiger partial charge is 0.347 e. The molecule has 0 aromatic heterocycles. The zero-order valence-electron chi connectivity index (χ0n) is 13.0. The summed E-state index contributed by atoms with van der Waals surface area (Å²) in [4.78, 5) is 25.7. The maximum absolute atomic E-state index is 12.1. The molecule has 21 heavy (non-hydrogen) atoms. The van der Waals surface area contributed by atoms with E-state index in [1.807, 2.05) is 25.7 Å². The molecule has 3 amide bonds. The number of likely N-dealkylation sites (tertiary alicyclic amines) is 1. The van der Waals surface area contributed by atoms with Crippen LogP contribution in [0.4, 0.5) is 4.79 Å². The number of urea groups is 1. The van der Waals surface area contributed by atoms with Crippen LogP contribution in [0.2, 0.25) is 0 Å². The summed E-state index contributed by atoms with van der Waals surface area (Å²) >= 11 is 0. The Kier molecular flexibility index (Phi) is 5.18. The van der Waals surface area contributed by atoms with Gasteiger partial charge < -0.3 is 14.8 Å². The molecule has 0 bridgehead atoms. The van der Waals surface area contributed by atoms with Gasteiger partial charge in [-0.15, -0.1) is 0 Å². The predicted molar refractivity (Wildman–Crippen MR) is 76.7 cm³/mol. The van der Waals surface area contributed by atoms with Crippen LogP contribution in [0, 0.1) is 0 Å². The van der Waals surface area contributed by atoms with E-state index in [4.69, 9.17) is 9.47 Å². The molecule has 1 unspecified atom stereocenters. The van der Waals surface area contributed by atoms with E-state index in [1.165, 1.54) is 0 Å². The van der Waals surface area contributed by atoms with Crippen LogP contribution in [0.15, 0.2) is 0 Å². The third-order valence-corrected chi connectivity index (χ3v) is 3.96. The quantitative estimate of drug-likeness (QED) is 0.791. The average Bonchev–Trinajstić information content (AvgIpc) is 2.86. The highest BCUT2D eigenvalue weighted by Crippen LogP contribution is 2.31. The van der Waals surface area contributed by atoms with Gasteiger partial charge in [0.25, 0.3) is 0 Å². The number of imide groups is 1. The molecule has 120 valence electrons. The fraction of sp³-hybridized carbons (Fsp3) is 0.857. The second-order valence-corrected chi connectivity index (χ2v) is 5.94. The monoisotopic (exact) mass is 299 g/mol.